The summed E-state index contributed by atoms with van der Waals surface area (Å²) in [4.78, 5) is 11.3. The van der Waals surface area contributed by atoms with E-state index in [1.165, 1.54) is 12.8 Å². The molecule has 170 valence electrons. The molecule has 2 aromatic rings. The minimum atomic E-state index is 0. The highest BCUT2D eigenvalue weighted by atomic mass is 127. The van der Waals surface area contributed by atoms with Crippen molar-refractivity contribution >= 4 is 35.8 Å². The molecule has 0 amide bonds. The van der Waals surface area contributed by atoms with E-state index in [0.717, 1.165) is 53.4 Å². The Kier molecular flexibility index (Phi) is 10.2. The van der Waals surface area contributed by atoms with Crippen molar-refractivity contribution in [3.8, 4) is 11.5 Å². The summed E-state index contributed by atoms with van der Waals surface area (Å²) in [7, 11) is 5.07. The maximum atomic E-state index is 5.46. The topological polar surface area (TPSA) is 71.0 Å². The van der Waals surface area contributed by atoms with Crippen LogP contribution in [-0.4, -0.2) is 45.3 Å². The van der Waals surface area contributed by atoms with Crippen LogP contribution in [0.15, 0.2) is 41.5 Å². The Bertz CT molecular complexity index is 836. The lowest BCUT2D eigenvalue weighted by Gasteiger charge is -2.31. The number of anilines is 1. The van der Waals surface area contributed by atoms with Crippen LogP contribution in [0.25, 0.3) is 0 Å². The second kappa shape index (κ2) is 12.6. The molecular formula is C23H34IN5O2. The molecule has 0 saturated carbocycles. The summed E-state index contributed by atoms with van der Waals surface area (Å²) in [5.74, 6) is 4.17. The third-order valence-electron chi connectivity index (χ3n) is 5.54. The molecule has 0 spiro atoms. The molecule has 7 nitrogen and oxygen atoms in total. The van der Waals surface area contributed by atoms with Crippen LogP contribution in [0.2, 0.25) is 0 Å². The predicted octanol–water partition coefficient (Wildman–Crippen LogP) is 3.82. The summed E-state index contributed by atoms with van der Waals surface area (Å²) in [6.45, 7) is 5.76. The number of methoxy groups -OCH3 is 2. The van der Waals surface area contributed by atoms with Crippen molar-refractivity contribution in [1.82, 2.24) is 15.6 Å². The highest BCUT2D eigenvalue weighted by Crippen LogP contribution is 2.24. The summed E-state index contributed by atoms with van der Waals surface area (Å²) in [6, 6.07) is 10.0. The van der Waals surface area contributed by atoms with Gasteiger partial charge in [-0.2, -0.15) is 0 Å². The van der Waals surface area contributed by atoms with E-state index in [2.05, 4.69) is 44.6 Å². The summed E-state index contributed by atoms with van der Waals surface area (Å²) < 4.78 is 10.7. The number of hydrogen-bond acceptors (Lipinski definition) is 5. The molecule has 1 aromatic heterocycles. The van der Waals surface area contributed by atoms with E-state index in [1.807, 2.05) is 24.4 Å². The van der Waals surface area contributed by atoms with Gasteiger partial charge in [0.2, 0.25) is 0 Å². The molecule has 3 rings (SSSR count). The summed E-state index contributed by atoms with van der Waals surface area (Å²) in [5, 5.41) is 6.67. The predicted molar refractivity (Wildman–Crippen MR) is 137 cm³/mol. The minimum Gasteiger partial charge on any atom is -0.497 e. The first-order valence-electron chi connectivity index (χ1n) is 10.5. The van der Waals surface area contributed by atoms with Gasteiger partial charge in [0.05, 0.1) is 14.2 Å². The quantitative estimate of drug-likeness (QED) is 0.317. The number of aliphatic imine (C=N–C) groups is 1. The highest BCUT2D eigenvalue weighted by molar-refractivity contribution is 14.0. The van der Waals surface area contributed by atoms with Gasteiger partial charge in [0.25, 0.3) is 0 Å². The standard InChI is InChI=1S/C23H33N5O2.HI/c1-17-9-11-28(12-10-17)22-8-5-18(14-25-22)15-26-23(24-2)27-16-19-6-7-20(29-3)13-21(19)30-4;/h5-8,13-14,17H,9-12,15-16H2,1-4H3,(H2,24,26,27);1H. The molecule has 31 heavy (non-hydrogen) atoms. The van der Waals surface area contributed by atoms with Crippen LogP contribution in [0.1, 0.15) is 30.9 Å². The number of halogens is 1. The molecule has 0 unspecified atom stereocenters. The largest absolute Gasteiger partial charge is 0.497 e. The lowest BCUT2D eigenvalue weighted by Crippen LogP contribution is -2.36. The first-order valence-corrected chi connectivity index (χ1v) is 10.5. The van der Waals surface area contributed by atoms with Crippen molar-refractivity contribution in [2.75, 3.05) is 39.3 Å². The van der Waals surface area contributed by atoms with E-state index in [-0.39, 0.29) is 24.0 Å². The second-order valence-electron chi connectivity index (χ2n) is 7.65. The van der Waals surface area contributed by atoms with E-state index in [1.54, 1.807) is 21.3 Å². The number of hydrogen-bond donors (Lipinski definition) is 2. The van der Waals surface area contributed by atoms with Crippen molar-refractivity contribution in [3.05, 3.63) is 47.7 Å². The Balaban J connectivity index is 0.00000341. The zero-order chi connectivity index (χ0) is 21.3. The molecule has 1 aliphatic heterocycles. The Hall–Kier alpha value is -2.23. The van der Waals surface area contributed by atoms with Crippen molar-refractivity contribution in [2.24, 2.45) is 10.9 Å². The fourth-order valence-corrected chi connectivity index (χ4v) is 3.53. The molecule has 0 bridgehead atoms. The van der Waals surface area contributed by atoms with E-state index in [4.69, 9.17) is 9.47 Å². The van der Waals surface area contributed by atoms with Crippen molar-refractivity contribution in [3.63, 3.8) is 0 Å². The second-order valence-corrected chi connectivity index (χ2v) is 7.65. The van der Waals surface area contributed by atoms with Crippen molar-refractivity contribution in [1.29, 1.82) is 0 Å². The Labute approximate surface area is 202 Å². The van der Waals surface area contributed by atoms with Crippen LogP contribution in [0.5, 0.6) is 11.5 Å². The lowest BCUT2D eigenvalue weighted by molar-refractivity contribution is 0.390. The van der Waals surface area contributed by atoms with Gasteiger partial charge in [-0.3, -0.25) is 4.99 Å². The molecule has 2 N–H and O–H groups in total. The van der Waals surface area contributed by atoms with E-state index >= 15 is 0 Å². The maximum absolute atomic E-state index is 5.46. The minimum absolute atomic E-state index is 0. The van der Waals surface area contributed by atoms with Gasteiger partial charge in [-0.25, -0.2) is 4.98 Å². The molecule has 0 radical (unpaired) electrons. The smallest absolute Gasteiger partial charge is 0.191 e. The Morgan fingerprint density at radius 2 is 1.84 bits per heavy atom. The zero-order valence-electron chi connectivity index (χ0n) is 18.9. The first-order chi connectivity index (χ1) is 14.6. The van der Waals surface area contributed by atoms with E-state index in [9.17, 15) is 0 Å². The first kappa shape index (κ1) is 25.0. The SMILES string of the molecule is CN=C(NCc1ccc(N2CCC(C)CC2)nc1)NCc1ccc(OC)cc1OC.I. The number of ether oxygens (including phenoxy) is 2. The third kappa shape index (κ3) is 7.15. The third-order valence-corrected chi connectivity index (χ3v) is 5.54. The van der Waals surface area contributed by atoms with Crippen LogP contribution >= 0.6 is 24.0 Å². The van der Waals surface area contributed by atoms with Gasteiger partial charge in [-0.1, -0.05) is 13.0 Å². The molecule has 0 aliphatic carbocycles. The van der Waals surface area contributed by atoms with Crippen molar-refractivity contribution in [2.45, 2.75) is 32.9 Å². The number of benzene rings is 1. The average Bonchev–Trinajstić information content (AvgIpc) is 2.80. The zero-order valence-corrected chi connectivity index (χ0v) is 21.2. The number of aromatic nitrogens is 1. The molecule has 1 aromatic carbocycles. The molecule has 1 saturated heterocycles. The van der Waals surface area contributed by atoms with Gasteiger partial charge in [0, 0.05) is 51.1 Å². The molecule has 1 fully saturated rings. The fraction of sp³-hybridized carbons (Fsp3) is 0.478. The van der Waals surface area contributed by atoms with Gasteiger partial charge in [-0.05, 0) is 42.5 Å². The average molecular weight is 539 g/mol. The van der Waals surface area contributed by atoms with Crippen LogP contribution in [0.3, 0.4) is 0 Å². The Morgan fingerprint density at radius 3 is 2.45 bits per heavy atom. The van der Waals surface area contributed by atoms with Gasteiger partial charge in [-0.15, -0.1) is 24.0 Å². The van der Waals surface area contributed by atoms with E-state index < -0.39 is 0 Å². The van der Waals surface area contributed by atoms with Crippen LogP contribution < -0.4 is 25.0 Å². The number of piperidine rings is 1. The monoisotopic (exact) mass is 539 g/mol. The van der Waals surface area contributed by atoms with Crippen LogP contribution in [0, 0.1) is 5.92 Å². The van der Waals surface area contributed by atoms with Gasteiger partial charge < -0.3 is 25.0 Å². The fourth-order valence-electron chi connectivity index (χ4n) is 3.53. The number of rotatable bonds is 7. The number of guanidine groups is 1. The number of nitrogens with zero attached hydrogens (tertiary/aromatic N) is 3. The molecule has 8 heteroatoms. The lowest BCUT2D eigenvalue weighted by atomic mass is 9.99. The molecule has 1 aliphatic rings. The summed E-state index contributed by atoms with van der Waals surface area (Å²) in [5.41, 5.74) is 2.15. The van der Waals surface area contributed by atoms with Gasteiger partial charge >= 0.3 is 0 Å². The van der Waals surface area contributed by atoms with Gasteiger partial charge in [0.15, 0.2) is 5.96 Å². The highest BCUT2D eigenvalue weighted by Gasteiger charge is 2.16. The van der Waals surface area contributed by atoms with Crippen LogP contribution in [0.4, 0.5) is 5.82 Å². The summed E-state index contributed by atoms with van der Waals surface area (Å²) >= 11 is 0. The van der Waals surface area contributed by atoms with E-state index in [0.29, 0.717) is 13.1 Å². The van der Waals surface area contributed by atoms with Gasteiger partial charge in [0.1, 0.15) is 17.3 Å². The number of pyridine rings is 1. The normalized spacial score (nSPS) is 14.6. The van der Waals surface area contributed by atoms with Crippen molar-refractivity contribution < 1.29 is 9.47 Å². The molecule has 2 heterocycles. The summed E-state index contributed by atoms with van der Waals surface area (Å²) in [6.07, 6.45) is 4.43. The Morgan fingerprint density at radius 1 is 1.10 bits per heavy atom. The molecule has 0 atom stereocenters. The number of nitrogens with one attached hydrogen (secondary N) is 2. The maximum Gasteiger partial charge on any atom is 0.191 e. The van der Waals surface area contributed by atoms with Crippen LogP contribution in [-0.2, 0) is 13.1 Å². The molecular weight excluding hydrogens is 505 g/mol.